The number of piperazine rings is 1. The summed E-state index contributed by atoms with van der Waals surface area (Å²) in [5, 5.41) is 3.43. The Hall–Kier alpha value is -3.37. The summed E-state index contributed by atoms with van der Waals surface area (Å²) < 4.78 is 6.94. The van der Waals surface area contributed by atoms with Crippen LogP contribution in [-0.4, -0.2) is 70.4 Å². The van der Waals surface area contributed by atoms with Crippen LogP contribution in [0.2, 0.25) is 5.02 Å². The molecule has 220 valence electrons. The largest absolute Gasteiger partial charge is 0.497 e. The number of carbonyl (C=O) groups is 3. The predicted octanol–water partition coefficient (Wildman–Crippen LogP) is 4.99. The number of amides is 2. The van der Waals surface area contributed by atoms with Gasteiger partial charge >= 0.3 is 0 Å². The fraction of sp³-hybridized carbons (Fsp3) is 0.323. The zero-order chi connectivity index (χ0) is 29.8. The van der Waals surface area contributed by atoms with Gasteiger partial charge in [-0.2, -0.15) is 0 Å². The summed E-state index contributed by atoms with van der Waals surface area (Å²) >= 11 is 14.4. The van der Waals surface area contributed by atoms with Gasteiger partial charge in [0.05, 0.1) is 19.0 Å². The number of nitrogens with two attached hydrogens (primary N) is 1. The Kier molecular flexibility index (Phi) is 9.53. The molecule has 0 spiro atoms. The van der Waals surface area contributed by atoms with Crippen LogP contribution in [0.4, 0.5) is 0 Å². The normalized spacial score (nSPS) is 16.3. The Labute approximate surface area is 258 Å². The van der Waals surface area contributed by atoms with E-state index in [2.05, 4.69) is 0 Å². The van der Waals surface area contributed by atoms with Gasteiger partial charge in [0.15, 0.2) is 0 Å². The van der Waals surface area contributed by atoms with Crippen molar-refractivity contribution in [2.45, 2.75) is 37.2 Å². The lowest BCUT2D eigenvalue weighted by Crippen LogP contribution is -2.62. The summed E-state index contributed by atoms with van der Waals surface area (Å²) in [6.45, 7) is 0.585. The highest BCUT2D eigenvalue weighted by Gasteiger charge is 2.42. The fourth-order valence-electron chi connectivity index (χ4n) is 5.37. The fourth-order valence-corrected chi connectivity index (χ4v) is 6.54. The number of nitrogens with zero attached hydrogens (tertiary/aromatic N) is 3. The number of halogens is 2. The van der Waals surface area contributed by atoms with Gasteiger partial charge in [-0.25, -0.2) is 0 Å². The number of carbonyl (C=O) groups excluding carboxylic acids is 3. The van der Waals surface area contributed by atoms with Crippen molar-refractivity contribution in [1.82, 2.24) is 14.4 Å². The summed E-state index contributed by atoms with van der Waals surface area (Å²) in [5.41, 5.74) is 7.57. The molecule has 5 rings (SSSR count). The molecule has 42 heavy (non-hydrogen) atoms. The number of hydrogen-bond acceptors (Lipinski definition) is 6. The summed E-state index contributed by atoms with van der Waals surface area (Å²) in [4.78, 5) is 45.4. The molecule has 0 bridgehead atoms. The number of alkyl halides is 1. The second-order valence-corrected chi connectivity index (χ2v) is 12.2. The molecule has 2 aromatic carbocycles. The zero-order valence-corrected chi connectivity index (χ0v) is 25.5. The van der Waals surface area contributed by atoms with Crippen molar-refractivity contribution < 1.29 is 19.1 Å². The summed E-state index contributed by atoms with van der Waals surface area (Å²) in [5.74, 6) is -0.213. The van der Waals surface area contributed by atoms with Gasteiger partial charge in [0, 0.05) is 34.4 Å². The van der Waals surface area contributed by atoms with Crippen molar-refractivity contribution in [1.29, 1.82) is 0 Å². The first-order chi connectivity index (χ1) is 20.3. The summed E-state index contributed by atoms with van der Waals surface area (Å²) in [6.07, 6.45) is 3.08. The number of methoxy groups -OCH3 is 1. The van der Waals surface area contributed by atoms with Gasteiger partial charge < -0.3 is 20.3 Å². The minimum atomic E-state index is -0.987. The number of rotatable bonds is 11. The quantitative estimate of drug-likeness (QED) is 0.187. The average molecular weight is 628 g/mol. The molecular weight excluding hydrogens is 595 g/mol. The second-order valence-electron chi connectivity index (χ2n) is 10.2. The van der Waals surface area contributed by atoms with E-state index in [1.54, 1.807) is 47.4 Å². The Balaban J connectivity index is 1.43. The van der Waals surface area contributed by atoms with Crippen LogP contribution in [0.25, 0.3) is 10.9 Å². The molecule has 11 heteroatoms. The molecule has 4 aromatic rings. The van der Waals surface area contributed by atoms with Crippen LogP contribution in [0.5, 0.6) is 5.75 Å². The molecule has 1 fully saturated rings. The van der Waals surface area contributed by atoms with E-state index in [-0.39, 0.29) is 30.7 Å². The molecule has 2 atom stereocenters. The second kappa shape index (κ2) is 13.3. The van der Waals surface area contributed by atoms with E-state index in [4.69, 9.17) is 33.7 Å². The lowest BCUT2D eigenvalue weighted by Gasteiger charge is -2.41. The molecule has 1 saturated heterocycles. The molecule has 2 unspecified atom stereocenters. The van der Waals surface area contributed by atoms with Crippen molar-refractivity contribution in [3.05, 3.63) is 87.2 Å². The molecule has 1 aliphatic rings. The number of benzene rings is 2. The summed E-state index contributed by atoms with van der Waals surface area (Å²) in [6, 6.07) is 15.6. The number of hydrogen-bond donors (Lipinski definition) is 1. The zero-order valence-electron chi connectivity index (χ0n) is 23.2. The first-order valence-electron chi connectivity index (χ1n) is 13.7. The standard InChI is InChI=1S/C31H32Cl2N4O4S/c1-41-23-8-9-26-25(16-23)21(10-12-34)18-36(26)29(38)17-27-31(40)37(28(33)15-20-4-6-22(32)7-5-20)19-30(39)35(27)13-11-24-3-2-14-42-24/h2-9,14,16,18,27-28H,10-13,15,17,19,34H2,1H3. The first-order valence-corrected chi connectivity index (χ1v) is 15.4. The highest BCUT2D eigenvalue weighted by Crippen LogP contribution is 2.29. The molecule has 0 saturated carbocycles. The van der Waals surface area contributed by atoms with Crippen LogP contribution in [0, 0.1) is 0 Å². The molecule has 8 nitrogen and oxygen atoms in total. The van der Waals surface area contributed by atoms with E-state index in [1.807, 2.05) is 41.8 Å². The minimum Gasteiger partial charge on any atom is -0.497 e. The van der Waals surface area contributed by atoms with Crippen molar-refractivity contribution in [3.63, 3.8) is 0 Å². The third kappa shape index (κ3) is 6.49. The topological polar surface area (TPSA) is 97.9 Å². The predicted molar refractivity (Wildman–Crippen MR) is 167 cm³/mol. The van der Waals surface area contributed by atoms with Gasteiger partial charge in [-0.3, -0.25) is 19.0 Å². The summed E-state index contributed by atoms with van der Waals surface area (Å²) in [7, 11) is 1.59. The van der Waals surface area contributed by atoms with Crippen molar-refractivity contribution in [2.24, 2.45) is 5.73 Å². The Morgan fingerprint density at radius 2 is 1.93 bits per heavy atom. The van der Waals surface area contributed by atoms with E-state index in [0.29, 0.717) is 48.6 Å². The van der Waals surface area contributed by atoms with Crippen LogP contribution < -0.4 is 10.5 Å². The molecule has 1 aliphatic heterocycles. The number of fused-ring (bicyclic) bond motifs is 1. The van der Waals surface area contributed by atoms with Crippen LogP contribution in [0.3, 0.4) is 0 Å². The molecule has 0 aliphatic carbocycles. The minimum absolute atomic E-state index is 0.150. The first kappa shape index (κ1) is 30.1. The van der Waals surface area contributed by atoms with E-state index in [0.717, 1.165) is 21.4 Å². The maximum absolute atomic E-state index is 14.0. The van der Waals surface area contributed by atoms with Gasteiger partial charge in [0.25, 0.3) is 0 Å². The maximum Gasteiger partial charge on any atom is 0.247 e. The SMILES string of the molecule is COc1ccc2c(c1)c(CCN)cn2C(=O)CC1C(=O)N(C(Cl)Cc2ccc(Cl)cc2)CC(=O)N1CCc1cccs1. The van der Waals surface area contributed by atoms with Gasteiger partial charge in [0.1, 0.15) is 23.8 Å². The Morgan fingerprint density at radius 3 is 2.62 bits per heavy atom. The van der Waals surface area contributed by atoms with Gasteiger partial charge in [-0.05, 0) is 72.3 Å². The smallest absolute Gasteiger partial charge is 0.247 e. The van der Waals surface area contributed by atoms with Crippen LogP contribution in [0.1, 0.15) is 27.2 Å². The van der Waals surface area contributed by atoms with Gasteiger partial charge in [-0.1, -0.05) is 41.4 Å². The molecule has 2 amide bonds. The van der Waals surface area contributed by atoms with E-state index in [1.165, 1.54) is 9.80 Å². The highest BCUT2D eigenvalue weighted by molar-refractivity contribution is 7.09. The number of aromatic nitrogens is 1. The Bertz CT molecular complexity index is 1570. The van der Waals surface area contributed by atoms with E-state index >= 15 is 0 Å². The molecule has 3 heterocycles. The lowest BCUT2D eigenvalue weighted by atomic mass is 10.0. The molecule has 2 N–H and O–H groups in total. The monoisotopic (exact) mass is 626 g/mol. The van der Waals surface area contributed by atoms with Crippen LogP contribution in [-0.2, 0) is 28.9 Å². The third-order valence-electron chi connectivity index (χ3n) is 7.55. The van der Waals surface area contributed by atoms with Crippen LogP contribution >= 0.6 is 34.5 Å². The molecule has 2 aromatic heterocycles. The maximum atomic E-state index is 14.0. The number of thiophene rings is 1. The average Bonchev–Trinajstić information content (AvgIpc) is 3.63. The molecule has 0 radical (unpaired) electrons. The van der Waals surface area contributed by atoms with Crippen molar-refractivity contribution >= 4 is 63.2 Å². The third-order valence-corrected chi connectivity index (χ3v) is 9.13. The van der Waals surface area contributed by atoms with Crippen molar-refractivity contribution in [2.75, 3.05) is 26.7 Å². The Morgan fingerprint density at radius 1 is 1.14 bits per heavy atom. The van der Waals surface area contributed by atoms with Gasteiger partial charge in [-0.15, -0.1) is 11.3 Å². The van der Waals surface area contributed by atoms with Gasteiger partial charge in [0.2, 0.25) is 17.7 Å². The highest BCUT2D eigenvalue weighted by atomic mass is 35.5. The van der Waals surface area contributed by atoms with Crippen molar-refractivity contribution in [3.8, 4) is 5.75 Å². The van der Waals surface area contributed by atoms with Crippen LogP contribution in [0.15, 0.2) is 66.2 Å². The molecular formula is C31H32Cl2N4O4S. The number of ether oxygens (including phenoxy) is 1. The van der Waals surface area contributed by atoms with E-state index < -0.39 is 11.5 Å². The lowest BCUT2D eigenvalue weighted by molar-refractivity contribution is -0.156. The van der Waals surface area contributed by atoms with E-state index in [9.17, 15) is 14.4 Å².